The van der Waals surface area contributed by atoms with Gasteiger partial charge in [-0.1, -0.05) is 127 Å². The lowest BCUT2D eigenvalue weighted by Gasteiger charge is -2.09. The predicted octanol–water partition coefficient (Wildman–Crippen LogP) is 9.66. The Labute approximate surface area is 210 Å². The van der Waals surface area contributed by atoms with Crippen LogP contribution in [0.25, 0.3) is 55.0 Å². The molecule has 6 aromatic carbocycles. The fourth-order valence-corrected chi connectivity index (χ4v) is 5.29. The van der Waals surface area contributed by atoms with Crippen molar-refractivity contribution in [2.45, 2.75) is 6.42 Å². The zero-order valence-electron chi connectivity index (χ0n) is 19.8. The molecule has 0 atom stereocenters. The van der Waals surface area contributed by atoms with E-state index in [0.29, 0.717) is 0 Å². The summed E-state index contributed by atoms with van der Waals surface area (Å²) in [6.07, 6.45) is 0.908. The van der Waals surface area contributed by atoms with Crippen molar-refractivity contribution < 1.29 is 4.42 Å². The van der Waals surface area contributed by atoms with E-state index in [-0.39, 0.29) is 0 Å². The topological polar surface area (TPSA) is 13.1 Å². The molecule has 7 rings (SSSR count). The molecule has 7 aromatic rings. The van der Waals surface area contributed by atoms with Crippen LogP contribution >= 0.6 is 0 Å². The van der Waals surface area contributed by atoms with Crippen LogP contribution in [0.4, 0.5) is 0 Å². The minimum atomic E-state index is 0.908. The maximum atomic E-state index is 6.24. The quantitative estimate of drug-likeness (QED) is 0.255. The zero-order chi connectivity index (χ0) is 23.9. The molecule has 0 aliphatic heterocycles. The lowest BCUT2D eigenvalue weighted by molar-refractivity contribution is 0.670. The van der Waals surface area contributed by atoms with Gasteiger partial charge in [0, 0.05) is 16.3 Å². The van der Waals surface area contributed by atoms with Crippen LogP contribution in [0.3, 0.4) is 0 Å². The first-order chi connectivity index (χ1) is 17.8. The number of fused-ring (bicyclic) bond motifs is 4. The first kappa shape index (κ1) is 20.7. The number of para-hydroxylation sites is 2. The van der Waals surface area contributed by atoms with Gasteiger partial charge in [0.2, 0.25) is 0 Å². The maximum absolute atomic E-state index is 6.24. The monoisotopic (exact) mass is 460 g/mol. The second-order valence-electron chi connectivity index (χ2n) is 9.38. The number of rotatable bonds is 4. The standard InChI is InChI=1S/C35H24O/c1-2-9-29-26(7-1)8-5-11-30(29)27-19-15-24(16-20-27)23-25-17-21-28(22-18-25)31-12-6-13-33-32-10-3-4-14-34(32)36-35(31)33/h1-22H,23H2. The van der Waals surface area contributed by atoms with Gasteiger partial charge < -0.3 is 4.42 Å². The number of hydrogen-bond acceptors (Lipinski definition) is 1. The van der Waals surface area contributed by atoms with Gasteiger partial charge in [0.05, 0.1) is 0 Å². The van der Waals surface area contributed by atoms with Crippen LogP contribution in [0, 0.1) is 0 Å². The normalized spacial score (nSPS) is 11.4. The second-order valence-corrected chi connectivity index (χ2v) is 9.38. The molecule has 0 saturated carbocycles. The van der Waals surface area contributed by atoms with Crippen molar-refractivity contribution in [3.63, 3.8) is 0 Å². The van der Waals surface area contributed by atoms with Gasteiger partial charge in [0.1, 0.15) is 11.2 Å². The Bertz CT molecular complexity index is 1830. The molecule has 1 heterocycles. The molecule has 0 bridgehead atoms. The number of furan rings is 1. The highest BCUT2D eigenvalue weighted by molar-refractivity contribution is 6.09. The summed E-state index contributed by atoms with van der Waals surface area (Å²) in [6, 6.07) is 47.6. The molecule has 0 saturated heterocycles. The Morgan fingerprint density at radius 2 is 0.972 bits per heavy atom. The van der Waals surface area contributed by atoms with Crippen molar-refractivity contribution in [2.24, 2.45) is 0 Å². The average Bonchev–Trinajstić information content (AvgIpc) is 3.33. The van der Waals surface area contributed by atoms with Gasteiger partial charge in [0.25, 0.3) is 0 Å². The summed E-state index contributed by atoms with van der Waals surface area (Å²) >= 11 is 0. The molecule has 0 fully saturated rings. The smallest absolute Gasteiger partial charge is 0.143 e. The third kappa shape index (κ3) is 3.57. The van der Waals surface area contributed by atoms with Crippen LogP contribution in [0.2, 0.25) is 0 Å². The summed E-state index contributed by atoms with van der Waals surface area (Å²) in [5.74, 6) is 0. The third-order valence-electron chi connectivity index (χ3n) is 7.13. The van der Waals surface area contributed by atoms with Crippen molar-refractivity contribution in [2.75, 3.05) is 0 Å². The van der Waals surface area contributed by atoms with E-state index in [0.717, 1.165) is 28.5 Å². The summed E-state index contributed by atoms with van der Waals surface area (Å²) in [6.45, 7) is 0. The third-order valence-corrected chi connectivity index (χ3v) is 7.13. The van der Waals surface area contributed by atoms with Gasteiger partial charge in [-0.15, -0.1) is 0 Å². The highest BCUT2D eigenvalue weighted by atomic mass is 16.3. The molecule has 0 aliphatic carbocycles. The average molecular weight is 461 g/mol. The first-order valence-corrected chi connectivity index (χ1v) is 12.4. The van der Waals surface area contributed by atoms with Crippen LogP contribution in [0.1, 0.15) is 11.1 Å². The van der Waals surface area contributed by atoms with E-state index >= 15 is 0 Å². The van der Waals surface area contributed by atoms with Crippen molar-refractivity contribution in [3.05, 3.63) is 145 Å². The van der Waals surface area contributed by atoms with Gasteiger partial charge in [-0.3, -0.25) is 0 Å². The first-order valence-electron chi connectivity index (χ1n) is 12.4. The SMILES string of the molecule is c1ccc2c(-c3ccc(Cc4ccc(-c5cccc6c5oc5ccccc56)cc4)cc3)cccc2c1. The van der Waals surface area contributed by atoms with Gasteiger partial charge in [-0.25, -0.2) is 0 Å². The van der Waals surface area contributed by atoms with E-state index in [9.17, 15) is 0 Å². The lowest BCUT2D eigenvalue weighted by Crippen LogP contribution is -1.89. The molecule has 1 heteroatoms. The van der Waals surface area contributed by atoms with Crippen LogP contribution in [-0.4, -0.2) is 0 Å². The molecule has 0 N–H and O–H groups in total. The molecule has 0 radical (unpaired) electrons. The van der Waals surface area contributed by atoms with E-state index in [1.54, 1.807) is 0 Å². The highest BCUT2D eigenvalue weighted by Gasteiger charge is 2.11. The minimum Gasteiger partial charge on any atom is -0.455 e. The number of benzene rings is 6. The summed E-state index contributed by atoms with van der Waals surface area (Å²) in [5, 5.41) is 4.90. The van der Waals surface area contributed by atoms with Gasteiger partial charge in [0.15, 0.2) is 0 Å². The van der Waals surface area contributed by atoms with Crippen LogP contribution in [0.15, 0.2) is 138 Å². The molecule has 0 aliphatic rings. The van der Waals surface area contributed by atoms with Crippen molar-refractivity contribution in [3.8, 4) is 22.3 Å². The number of hydrogen-bond donors (Lipinski definition) is 0. The lowest BCUT2D eigenvalue weighted by atomic mass is 9.95. The van der Waals surface area contributed by atoms with Crippen molar-refractivity contribution >= 4 is 32.7 Å². The molecule has 0 spiro atoms. The second kappa shape index (κ2) is 8.55. The Kier molecular flexibility index (Phi) is 4.92. The predicted molar refractivity (Wildman–Crippen MR) is 151 cm³/mol. The Morgan fingerprint density at radius 1 is 0.417 bits per heavy atom. The largest absolute Gasteiger partial charge is 0.455 e. The van der Waals surface area contributed by atoms with Crippen molar-refractivity contribution in [1.82, 2.24) is 0 Å². The zero-order valence-corrected chi connectivity index (χ0v) is 19.8. The fraction of sp³-hybridized carbons (Fsp3) is 0.0286. The fourth-order valence-electron chi connectivity index (χ4n) is 5.29. The van der Waals surface area contributed by atoms with Crippen molar-refractivity contribution in [1.29, 1.82) is 0 Å². The van der Waals surface area contributed by atoms with E-state index in [1.807, 2.05) is 12.1 Å². The van der Waals surface area contributed by atoms with Crippen LogP contribution in [-0.2, 0) is 6.42 Å². The highest BCUT2D eigenvalue weighted by Crippen LogP contribution is 2.36. The van der Waals surface area contributed by atoms with Gasteiger partial charge in [-0.05, 0) is 51.1 Å². The Hall–Kier alpha value is -4.62. The summed E-state index contributed by atoms with van der Waals surface area (Å²) < 4.78 is 6.24. The summed E-state index contributed by atoms with van der Waals surface area (Å²) in [7, 11) is 0. The summed E-state index contributed by atoms with van der Waals surface area (Å²) in [4.78, 5) is 0. The van der Waals surface area contributed by atoms with E-state index in [2.05, 4.69) is 121 Å². The van der Waals surface area contributed by atoms with E-state index in [1.165, 1.54) is 44.0 Å². The molecular weight excluding hydrogens is 436 g/mol. The Morgan fingerprint density at radius 3 is 1.75 bits per heavy atom. The summed E-state index contributed by atoms with van der Waals surface area (Å²) in [5.41, 5.74) is 9.34. The van der Waals surface area contributed by atoms with Crippen LogP contribution < -0.4 is 0 Å². The molecule has 36 heavy (non-hydrogen) atoms. The van der Waals surface area contributed by atoms with Gasteiger partial charge in [-0.2, -0.15) is 0 Å². The van der Waals surface area contributed by atoms with Gasteiger partial charge >= 0.3 is 0 Å². The Balaban J connectivity index is 1.16. The van der Waals surface area contributed by atoms with Crippen LogP contribution in [0.5, 0.6) is 0 Å². The van der Waals surface area contributed by atoms with E-state index in [4.69, 9.17) is 4.42 Å². The molecule has 1 aromatic heterocycles. The molecule has 0 amide bonds. The van der Waals surface area contributed by atoms with E-state index < -0.39 is 0 Å². The molecule has 1 nitrogen and oxygen atoms in total. The molecule has 170 valence electrons. The molecular formula is C35H24O. The minimum absolute atomic E-state index is 0.908. The molecule has 0 unspecified atom stereocenters. The maximum Gasteiger partial charge on any atom is 0.143 e.